The van der Waals surface area contributed by atoms with E-state index in [9.17, 15) is 13.5 Å². The van der Waals surface area contributed by atoms with Crippen molar-refractivity contribution in [3.05, 3.63) is 94.5 Å². The van der Waals surface area contributed by atoms with Crippen LogP contribution in [0.5, 0.6) is 0 Å². The van der Waals surface area contributed by atoms with Gasteiger partial charge in [0.1, 0.15) is 6.54 Å². The Morgan fingerprint density at radius 3 is 1.90 bits per heavy atom. The number of aliphatic hydroxyl groups excluding tert-OH is 1. The summed E-state index contributed by atoms with van der Waals surface area (Å²) in [7, 11) is 0.348. The van der Waals surface area contributed by atoms with Crippen LogP contribution >= 0.6 is 0 Å². The predicted molar refractivity (Wildman–Crippen MR) is 197 cm³/mol. The first kappa shape index (κ1) is 35.1. The Bertz CT molecular complexity index is 1600. The van der Waals surface area contributed by atoms with Crippen LogP contribution in [0.4, 0.5) is 5.69 Å². The molecular weight excluding hydrogens is 615 g/mol. The molecule has 3 aromatic carbocycles. The first-order valence-electron chi connectivity index (χ1n) is 18.5. The van der Waals surface area contributed by atoms with Crippen LogP contribution in [0.3, 0.4) is 0 Å². The number of aliphatic hydroxyl groups is 1. The van der Waals surface area contributed by atoms with Gasteiger partial charge in [0.05, 0.1) is 36.4 Å². The third-order valence-corrected chi connectivity index (χ3v) is 13.9. The minimum absolute atomic E-state index is 0.00144. The van der Waals surface area contributed by atoms with Gasteiger partial charge in [-0.25, -0.2) is 8.42 Å². The molecule has 4 aliphatic heterocycles. The average Bonchev–Trinajstić information content (AvgIpc) is 3.17. The third kappa shape index (κ3) is 7.40. The summed E-state index contributed by atoms with van der Waals surface area (Å²) >= 11 is 0. The number of aryl methyl sites for hydroxylation is 2. The highest BCUT2D eigenvalue weighted by Crippen LogP contribution is 2.50. The molecule has 0 aliphatic carbocycles. The lowest BCUT2D eigenvalue weighted by molar-refractivity contribution is -0.953. The minimum atomic E-state index is -3.61. The van der Waals surface area contributed by atoms with Gasteiger partial charge < -0.3 is 14.5 Å². The maximum absolute atomic E-state index is 14.1. The maximum atomic E-state index is 14.1. The lowest BCUT2D eigenvalue weighted by atomic mass is 9.68. The number of anilines is 1. The Hall–Kier alpha value is -2.71. The van der Waals surface area contributed by atoms with Crippen LogP contribution < -0.4 is 4.90 Å². The molecule has 0 spiro atoms. The van der Waals surface area contributed by atoms with E-state index < -0.39 is 27.3 Å². The van der Waals surface area contributed by atoms with Crippen LogP contribution in [0.1, 0.15) is 86.1 Å². The molecule has 0 aromatic heterocycles. The van der Waals surface area contributed by atoms with Crippen molar-refractivity contribution in [3.8, 4) is 0 Å². The summed E-state index contributed by atoms with van der Waals surface area (Å²) in [5, 5.41) is 12.5. The summed E-state index contributed by atoms with van der Waals surface area (Å²) in [4.78, 5) is 4.99. The molecule has 48 heavy (non-hydrogen) atoms. The van der Waals surface area contributed by atoms with E-state index in [1.807, 2.05) is 31.1 Å². The number of benzene rings is 3. The number of quaternary nitrogens is 1. The van der Waals surface area contributed by atoms with E-state index in [4.69, 9.17) is 0 Å². The Kier molecular flexibility index (Phi) is 10.7. The summed E-state index contributed by atoms with van der Waals surface area (Å²) in [6.07, 6.45) is 6.29. The minimum Gasteiger partial charge on any atom is -0.392 e. The highest BCUT2D eigenvalue weighted by atomic mass is 32.2. The van der Waals surface area contributed by atoms with E-state index in [0.717, 1.165) is 61.9 Å². The van der Waals surface area contributed by atoms with Gasteiger partial charge in [-0.2, -0.15) is 0 Å². The van der Waals surface area contributed by atoms with Gasteiger partial charge in [-0.15, -0.1) is 0 Å². The molecule has 6 nitrogen and oxygen atoms in total. The second-order valence-corrected chi connectivity index (χ2v) is 17.4. The smallest absolute Gasteiger partial charge is 0.179 e. The fourth-order valence-corrected chi connectivity index (χ4v) is 10.9. The zero-order valence-electron chi connectivity index (χ0n) is 29.8. The normalized spacial score (nSPS) is 25.7. The number of unbranched alkanes of at least 4 members (excludes halogenated alkanes) is 2. The molecule has 3 fully saturated rings. The van der Waals surface area contributed by atoms with Crippen LogP contribution in [0.2, 0.25) is 0 Å². The molecule has 4 heterocycles. The van der Waals surface area contributed by atoms with Crippen LogP contribution in [-0.4, -0.2) is 88.1 Å². The monoisotopic (exact) mass is 672 g/mol. The molecule has 3 saturated heterocycles. The number of rotatable bonds is 13. The summed E-state index contributed by atoms with van der Waals surface area (Å²) in [6, 6.07) is 23.7. The van der Waals surface area contributed by atoms with E-state index in [0.29, 0.717) is 17.7 Å². The van der Waals surface area contributed by atoms with Crippen molar-refractivity contribution in [1.82, 2.24) is 4.90 Å². The van der Waals surface area contributed by atoms with Gasteiger partial charge in [0.25, 0.3) is 0 Å². The summed E-state index contributed by atoms with van der Waals surface area (Å²) in [6.45, 7) is 13.0. The van der Waals surface area contributed by atoms with Crippen molar-refractivity contribution >= 4 is 15.5 Å². The first-order chi connectivity index (χ1) is 23.1. The fraction of sp³-hybridized carbons (Fsp3) is 0.561. The van der Waals surface area contributed by atoms with Crippen LogP contribution in [-0.2, 0) is 29.2 Å². The van der Waals surface area contributed by atoms with E-state index in [1.54, 1.807) is 6.07 Å². The Morgan fingerprint density at radius 2 is 1.35 bits per heavy atom. The second-order valence-electron chi connectivity index (χ2n) is 15.4. The molecule has 0 saturated carbocycles. The topological polar surface area (TPSA) is 60.9 Å². The first-order valence-corrected chi connectivity index (χ1v) is 20.2. The van der Waals surface area contributed by atoms with Crippen molar-refractivity contribution < 1.29 is 18.0 Å². The zero-order chi connectivity index (χ0) is 33.9. The predicted octanol–water partition coefficient (Wildman–Crippen LogP) is 6.83. The molecule has 7 heteroatoms. The van der Waals surface area contributed by atoms with Crippen molar-refractivity contribution in [2.24, 2.45) is 5.41 Å². The molecule has 260 valence electrons. The van der Waals surface area contributed by atoms with Crippen LogP contribution in [0.15, 0.2) is 71.6 Å². The Labute approximate surface area is 290 Å². The lowest BCUT2D eigenvalue weighted by Crippen LogP contribution is -2.66. The number of piperazine rings is 3. The van der Waals surface area contributed by atoms with E-state index in [1.165, 1.54) is 60.4 Å². The SMILES string of the molecule is CCCCC1(CCCC)CS(=O)(=O)c2ccc(N(C)C)cc2[C@H](c2ccc(CCc3ccc(C[N+]45CCN(CC4)CC5)cc3)cc2)[C@@H]1O. The fourth-order valence-electron chi connectivity index (χ4n) is 8.74. The molecule has 2 bridgehead atoms. The Morgan fingerprint density at radius 1 is 0.812 bits per heavy atom. The summed E-state index contributed by atoms with van der Waals surface area (Å²) < 4.78 is 29.5. The lowest BCUT2D eigenvalue weighted by Gasteiger charge is -2.50. The van der Waals surface area contributed by atoms with Gasteiger partial charge in [0.2, 0.25) is 0 Å². The second kappa shape index (κ2) is 14.6. The quantitative estimate of drug-likeness (QED) is 0.202. The van der Waals surface area contributed by atoms with Gasteiger partial charge in [0, 0.05) is 56.3 Å². The third-order valence-electron chi connectivity index (χ3n) is 11.9. The number of fused-ring (bicyclic) bond motifs is 4. The standard InChI is InChI=1S/C41H58N3O3S/c1-5-7-21-41(22-8-6-2)31-48(46,47)38-20-19-36(42(3)4)29-37(38)39(40(41)45)35-17-15-33(16-18-35)10-9-32-11-13-34(14-12-32)30-44-26-23-43(24-27-44)25-28-44/h11-20,29,39-40,45H,5-10,21-28,30-31H2,1-4H3/q+1/t39-,40-/m0/s1. The zero-order valence-corrected chi connectivity index (χ0v) is 30.6. The van der Waals surface area contributed by atoms with E-state index >= 15 is 0 Å². The number of nitrogens with zero attached hydrogens (tertiary/aromatic N) is 3. The van der Waals surface area contributed by atoms with Crippen LogP contribution in [0, 0.1) is 5.41 Å². The molecule has 7 rings (SSSR count). The highest BCUT2D eigenvalue weighted by molar-refractivity contribution is 7.91. The van der Waals surface area contributed by atoms with Gasteiger partial charge in [-0.1, -0.05) is 88.1 Å². The average molecular weight is 673 g/mol. The van der Waals surface area contributed by atoms with Gasteiger partial charge in [-0.05, 0) is 66.1 Å². The number of hydrogen-bond donors (Lipinski definition) is 1. The summed E-state index contributed by atoms with van der Waals surface area (Å²) in [5.41, 5.74) is 6.05. The molecular formula is C41H58N3O3S+. The number of sulfone groups is 1. The highest BCUT2D eigenvalue weighted by Gasteiger charge is 2.49. The maximum Gasteiger partial charge on any atom is 0.179 e. The van der Waals surface area contributed by atoms with Gasteiger partial charge in [-0.3, -0.25) is 4.90 Å². The van der Waals surface area contributed by atoms with Gasteiger partial charge in [0.15, 0.2) is 9.84 Å². The molecule has 2 atom stereocenters. The van der Waals surface area contributed by atoms with Gasteiger partial charge >= 0.3 is 0 Å². The molecule has 0 amide bonds. The van der Waals surface area contributed by atoms with E-state index in [2.05, 4.69) is 67.3 Å². The Balaban J connectivity index is 1.24. The molecule has 0 radical (unpaired) electrons. The van der Waals surface area contributed by atoms with Crippen molar-refractivity contribution in [2.45, 2.75) is 88.7 Å². The number of hydrogen-bond acceptors (Lipinski definition) is 5. The largest absolute Gasteiger partial charge is 0.392 e. The molecule has 3 aromatic rings. The van der Waals surface area contributed by atoms with E-state index in [-0.39, 0.29) is 5.75 Å². The van der Waals surface area contributed by atoms with Crippen molar-refractivity contribution in [2.75, 3.05) is 64.0 Å². The molecule has 0 unspecified atom stereocenters. The molecule has 4 aliphatic rings. The molecule has 1 N–H and O–H groups in total. The summed E-state index contributed by atoms with van der Waals surface area (Å²) in [5.74, 6) is -0.414. The van der Waals surface area contributed by atoms with Crippen LogP contribution in [0.25, 0.3) is 0 Å². The van der Waals surface area contributed by atoms with Crippen molar-refractivity contribution in [1.29, 1.82) is 0 Å². The van der Waals surface area contributed by atoms with Crippen molar-refractivity contribution in [3.63, 3.8) is 0 Å².